The average molecular weight is 557 g/mol. The number of carboxylic acids is 1. The number of carbonyl (C=O) groups is 2. The van der Waals surface area contributed by atoms with E-state index >= 15 is 4.39 Å². The Balaban J connectivity index is 1.34. The Labute approximate surface area is 229 Å². The minimum Gasteiger partial charge on any atom is -0.487 e. The molecule has 2 aliphatic rings. The minimum atomic E-state index is -0.831. The maximum Gasteiger partial charge on any atom is 0.344 e. The number of aromatic nitrogens is 4. The fourth-order valence-corrected chi connectivity index (χ4v) is 5.14. The second-order valence-corrected chi connectivity index (χ2v) is 10.4. The second-order valence-electron chi connectivity index (χ2n) is 10.4. The van der Waals surface area contributed by atoms with Crippen LogP contribution in [0.1, 0.15) is 54.7 Å². The van der Waals surface area contributed by atoms with Gasteiger partial charge in [0.1, 0.15) is 30.2 Å². The molecule has 0 bridgehead atoms. The maximum atomic E-state index is 15.5. The zero-order chi connectivity index (χ0) is 28.4. The van der Waals surface area contributed by atoms with E-state index < -0.39 is 23.2 Å². The first-order chi connectivity index (χ1) is 19.2. The Bertz CT molecular complexity index is 1480. The van der Waals surface area contributed by atoms with Gasteiger partial charge in [-0.05, 0) is 32.9 Å². The summed E-state index contributed by atoms with van der Waals surface area (Å²) >= 11 is 0. The van der Waals surface area contributed by atoms with Gasteiger partial charge in [0.2, 0.25) is 5.43 Å². The van der Waals surface area contributed by atoms with Gasteiger partial charge in [-0.1, -0.05) is 11.6 Å². The van der Waals surface area contributed by atoms with Crippen molar-refractivity contribution < 1.29 is 28.6 Å². The first-order valence-electron chi connectivity index (χ1n) is 13.5. The van der Waals surface area contributed by atoms with Crippen LogP contribution in [0.25, 0.3) is 10.9 Å². The highest BCUT2D eigenvalue weighted by Gasteiger charge is 2.31. The number of likely N-dealkylation sites (N-methyl/N-ethyl adjacent to an activating group) is 1. The Kier molecular flexibility index (Phi) is 8.01. The average Bonchev–Trinajstić information content (AvgIpc) is 3.38. The quantitative estimate of drug-likeness (QED) is 0.293. The normalized spacial score (nSPS) is 17.2. The zero-order valence-corrected chi connectivity index (χ0v) is 22.6. The molecule has 1 N–H and O–H groups in total. The van der Waals surface area contributed by atoms with Crippen molar-refractivity contribution in [3.63, 3.8) is 0 Å². The molecule has 2 aliphatic heterocycles. The number of unbranched alkanes of at least 4 members (excludes halogenated alkanes) is 2. The number of esters is 1. The molecular weight excluding hydrogens is 523 g/mol. The minimum absolute atomic E-state index is 0.0696. The number of ether oxygens (including phenoxy) is 2. The van der Waals surface area contributed by atoms with Crippen LogP contribution < -0.4 is 15.1 Å². The first kappa shape index (κ1) is 27.6. The van der Waals surface area contributed by atoms with Gasteiger partial charge >= 0.3 is 11.9 Å². The van der Waals surface area contributed by atoms with Crippen molar-refractivity contribution >= 4 is 28.5 Å². The summed E-state index contributed by atoms with van der Waals surface area (Å²) in [6.07, 6.45) is 5.32. The number of rotatable bonds is 10. The molecule has 40 heavy (non-hydrogen) atoms. The number of hydrogen-bond donors (Lipinski definition) is 1. The van der Waals surface area contributed by atoms with E-state index in [0.29, 0.717) is 48.7 Å². The summed E-state index contributed by atoms with van der Waals surface area (Å²) in [6.45, 7) is 5.38. The molecule has 1 saturated heterocycles. The number of piperazine rings is 1. The lowest BCUT2D eigenvalue weighted by atomic mass is 10.1. The molecule has 4 heterocycles. The van der Waals surface area contributed by atoms with E-state index in [1.165, 1.54) is 12.3 Å². The fourth-order valence-electron chi connectivity index (χ4n) is 5.14. The summed E-state index contributed by atoms with van der Waals surface area (Å²) in [5.74, 6) is -1.88. The highest BCUT2D eigenvalue weighted by atomic mass is 19.1. The third-order valence-electron chi connectivity index (χ3n) is 7.40. The van der Waals surface area contributed by atoms with Gasteiger partial charge in [0, 0.05) is 45.3 Å². The lowest BCUT2D eigenvalue weighted by molar-refractivity contribution is -0.137. The van der Waals surface area contributed by atoms with Crippen LogP contribution >= 0.6 is 0 Å². The number of benzene rings is 1. The van der Waals surface area contributed by atoms with Crippen molar-refractivity contribution in [2.45, 2.75) is 51.8 Å². The van der Waals surface area contributed by atoms with Gasteiger partial charge < -0.3 is 28.9 Å². The molecule has 0 unspecified atom stereocenters. The molecule has 1 atom stereocenters. The van der Waals surface area contributed by atoms with Crippen molar-refractivity contribution in [3.05, 3.63) is 45.8 Å². The van der Waals surface area contributed by atoms with Gasteiger partial charge in [0.15, 0.2) is 11.6 Å². The fraction of sp³-hybridized carbons (Fsp3) is 0.519. The topological polar surface area (TPSA) is 132 Å². The number of nitrogens with zero attached hydrogens (tertiary/aromatic N) is 6. The lowest BCUT2D eigenvalue weighted by Gasteiger charge is -2.37. The van der Waals surface area contributed by atoms with Crippen LogP contribution in [0.3, 0.4) is 0 Å². The van der Waals surface area contributed by atoms with E-state index in [2.05, 4.69) is 15.2 Å². The van der Waals surface area contributed by atoms with Crippen molar-refractivity contribution in [2.75, 3.05) is 44.7 Å². The third-order valence-corrected chi connectivity index (χ3v) is 7.40. The Morgan fingerprint density at radius 1 is 1.18 bits per heavy atom. The molecular formula is C27H33FN6O6. The maximum absolute atomic E-state index is 15.5. The second kappa shape index (κ2) is 11.6. The first-order valence-corrected chi connectivity index (χ1v) is 13.5. The molecule has 13 heteroatoms. The standard InChI is InChI=1S/C27H33FN6O6/c1-17-15-39-26-23-19(12-21(28)24(26)32-10-8-31(2)9-11-32)25(37)20(14-34(17)23)27(38)40-16-18-13-33(30-29-18)7-5-3-4-6-22(35)36/h12-14,17H,3-11,15-16H2,1-2H3,(H,35,36)/t17-/m0/s1. The highest BCUT2D eigenvalue weighted by molar-refractivity contribution is 5.98. The van der Waals surface area contributed by atoms with Gasteiger partial charge in [-0.15, -0.1) is 5.10 Å². The monoisotopic (exact) mass is 556 g/mol. The molecule has 2 aromatic heterocycles. The third kappa shape index (κ3) is 5.64. The van der Waals surface area contributed by atoms with E-state index in [4.69, 9.17) is 14.6 Å². The van der Waals surface area contributed by atoms with E-state index in [0.717, 1.165) is 25.9 Å². The highest BCUT2D eigenvalue weighted by Crippen LogP contribution is 2.42. The Hall–Kier alpha value is -4.00. The molecule has 0 saturated carbocycles. The summed E-state index contributed by atoms with van der Waals surface area (Å²) in [6, 6.07) is 1.01. The number of carboxylic acid groups (broad SMARTS) is 1. The Morgan fingerprint density at radius 2 is 1.95 bits per heavy atom. The molecule has 5 rings (SSSR count). The number of halogens is 1. The smallest absolute Gasteiger partial charge is 0.344 e. The molecule has 0 amide bonds. The summed E-state index contributed by atoms with van der Waals surface area (Å²) in [4.78, 5) is 41.1. The van der Waals surface area contributed by atoms with Crippen LogP contribution in [0, 0.1) is 5.82 Å². The van der Waals surface area contributed by atoms with Crippen LogP contribution in [-0.2, 0) is 22.7 Å². The van der Waals surface area contributed by atoms with Crippen LogP contribution in [0.15, 0.2) is 23.3 Å². The molecule has 0 aliphatic carbocycles. The van der Waals surface area contributed by atoms with Gasteiger partial charge in [-0.25, -0.2) is 9.18 Å². The van der Waals surface area contributed by atoms with Crippen LogP contribution in [-0.4, -0.2) is 81.3 Å². The van der Waals surface area contributed by atoms with Crippen LogP contribution in [0.5, 0.6) is 5.75 Å². The number of aryl methyl sites for hydroxylation is 1. The van der Waals surface area contributed by atoms with E-state index in [9.17, 15) is 14.4 Å². The molecule has 214 valence electrons. The van der Waals surface area contributed by atoms with Gasteiger partial charge in [-0.3, -0.25) is 14.3 Å². The molecule has 1 fully saturated rings. The number of aliphatic carboxylic acids is 1. The Morgan fingerprint density at radius 3 is 2.70 bits per heavy atom. The molecule has 0 radical (unpaired) electrons. The van der Waals surface area contributed by atoms with Crippen molar-refractivity contribution in [2.24, 2.45) is 0 Å². The van der Waals surface area contributed by atoms with Crippen molar-refractivity contribution in [1.82, 2.24) is 24.5 Å². The summed E-state index contributed by atoms with van der Waals surface area (Å²) in [5, 5.41) is 16.8. The van der Waals surface area contributed by atoms with Crippen LogP contribution in [0.2, 0.25) is 0 Å². The lowest BCUT2D eigenvalue weighted by Crippen LogP contribution is -2.45. The number of anilines is 1. The van der Waals surface area contributed by atoms with E-state index in [1.807, 2.05) is 18.9 Å². The predicted octanol–water partition coefficient (Wildman–Crippen LogP) is 2.44. The van der Waals surface area contributed by atoms with Gasteiger partial charge in [0.05, 0.1) is 23.1 Å². The number of hydrogen-bond acceptors (Lipinski definition) is 9. The van der Waals surface area contributed by atoms with Gasteiger partial charge in [0.25, 0.3) is 0 Å². The summed E-state index contributed by atoms with van der Waals surface area (Å²) < 4.78 is 30.3. The van der Waals surface area contributed by atoms with Crippen molar-refractivity contribution in [1.29, 1.82) is 0 Å². The number of pyridine rings is 1. The van der Waals surface area contributed by atoms with E-state index in [-0.39, 0.29) is 36.6 Å². The SMILES string of the molecule is C[C@H]1COc2c(N3CCN(C)CC3)c(F)cc3c(=O)c(C(=O)OCc4cn(CCCCCC(=O)O)nn4)cn1c23. The van der Waals surface area contributed by atoms with Gasteiger partial charge in [-0.2, -0.15) is 0 Å². The molecule has 1 aromatic carbocycles. The van der Waals surface area contributed by atoms with Crippen LogP contribution in [0.4, 0.5) is 10.1 Å². The van der Waals surface area contributed by atoms with E-state index in [1.54, 1.807) is 15.4 Å². The molecule has 3 aromatic rings. The van der Waals surface area contributed by atoms with Crippen molar-refractivity contribution in [3.8, 4) is 5.75 Å². The molecule has 12 nitrogen and oxygen atoms in total. The largest absolute Gasteiger partial charge is 0.487 e. The molecule has 0 spiro atoms. The zero-order valence-electron chi connectivity index (χ0n) is 22.6. The number of carbonyl (C=O) groups excluding carboxylic acids is 1. The predicted molar refractivity (Wildman–Crippen MR) is 143 cm³/mol. The summed E-state index contributed by atoms with van der Waals surface area (Å²) in [5.41, 5.74) is 0.421. The summed E-state index contributed by atoms with van der Waals surface area (Å²) in [7, 11) is 2.02.